The third kappa shape index (κ3) is 3.65. The van der Waals surface area contributed by atoms with Crippen molar-refractivity contribution in [2.24, 2.45) is 7.05 Å². The Kier molecular flexibility index (Phi) is 5.02. The second kappa shape index (κ2) is 7.67. The Hall–Kier alpha value is -4.01. The third-order valence-electron chi connectivity index (χ3n) is 5.25. The molecule has 9 heteroatoms. The fraction of sp³-hybridized carbons (Fsp3) is 0.182. The minimum absolute atomic E-state index is 0.114. The van der Waals surface area contributed by atoms with Gasteiger partial charge in [0.05, 0.1) is 12.1 Å². The van der Waals surface area contributed by atoms with Gasteiger partial charge in [-0.05, 0) is 30.2 Å². The first kappa shape index (κ1) is 20.3. The van der Waals surface area contributed by atoms with Gasteiger partial charge >= 0.3 is 6.03 Å². The molecule has 1 aliphatic heterocycles. The van der Waals surface area contributed by atoms with Crippen molar-refractivity contribution in [1.29, 1.82) is 0 Å². The van der Waals surface area contributed by atoms with Crippen LogP contribution >= 0.6 is 0 Å². The fourth-order valence-corrected chi connectivity index (χ4v) is 3.63. The highest BCUT2D eigenvalue weighted by Crippen LogP contribution is 2.26. The number of carbonyl (C=O) groups excluding carboxylic acids is 3. The number of benzene rings is 2. The summed E-state index contributed by atoms with van der Waals surface area (Å²) in [7, 11) is 1.67. The zero-order valence-electron chi connectivity index (χ0n) is 16.9. The minimum atomic E-state index is -1.58. The monoisotopic (exact) mass is 421 g/mol. The molecule has 0 saturated carbocycles. The molecule has 2 aromatic carbocycles. The summed E-state index contributed by atoms with van der Waals surface area (Å²) in [5, 5.41) is 7.41. The maximum Gasteiger partial charge on any atom is 0.322 e. The largest absolute Gasteiger partial charge is 0.349 e. The lowest BCUT2D eigenvalue weighted by Gasteiger charge is -2.26. The van der Waals surface area contributed by atoms with Gasteiger partial charge in [0.1, 0.15) is 11.6 Å². The maximum absolute atomic E-state index is 14.0. The molecular weight excluding hydrogens is 401 g/mol. The molecule has 1 saturated heterocycles. The van der Waals surface area contributed by atoms with Gasteiger partial charge in [-0.15, -0.1) is 0 Å². The van der Waals surface area contributed by atoms with E-state index in [1.54, 1.807) is 17.8 Å². The predicted octanol–water partition coefficient (Wildman–Crippen LogP) is 2.00. The topological polar surface area (TPSA) is 105 Å². The molecule has 0 spiro atoms. The van der Waals surface area contributed by atoms with E-state index < -0.39 is 29.2 Å². The molecule has 0 radical (unpaired) electrons. The summed E-state index contributed by atoms with van der Waals surface area (Å²) in [5.41, 5.74) is 0.884. The van der Waals surface area contributed by atoms with Crippen LogP contribution in [0.1, 0.15) is 21.7 Å². The van der Waals surface area contributed by atoms with Gasteiger partial charge in [-0.2, -0.15) is 0 Å². The van der Waals surface area contributed by atoms with Gasteiger partial charge in [-0.3, -0.25) is 14.9 Å². The van der Waals surface area contributed by atoms with Crippen molar-refractivity contribution in [2.75, 3.05) is 6.54 Å². The van der Waals surface area contributed by atoms with Crippen LogP contribution in [0, 0.1) is 12.7 Å². The number of imidazole rings is 1. The first-order chi connectivity index (χ1) is 14.8. The Bertz CT molecular complexity index is 1190. The van der Waals surface area contributed by atoms with Gasteiger partial charge in [0.15, 0.2) is 5.54 Å². The van der Waals surface area contributed by atoms with E-state index in [-0.39, 0.29) is 17.9 Å². The third-order valence-corrected chi connectivity index (χ3v) is 5.25. The highest BCUT2D eigenvalue weighted by molar-refractivity contribution is 6.08. The Balaban J connectivity index is 1.66. The SMILES string of the molecule is Cc1ccc(-c2ccc(F)cc2C(=O)NC[C@]2(c3nccn3C)NC(=O)NC2=O)cc1. The number of halogens is 1. The highest BCUT2D eigenvalue weighted by atomic mass is 19.1. The van der Waals surface area contributed by atoms with Crippen molar-refractivity contribution in [1.82, 2.24) is 25.5 Å². The molecule has 3 N–H and O–H groups in total. The summed E-state index contributed by atoms with van der Waals surface area (Å²) in [6.07, 6.45) is 3.11. The second-order valence-corrected chi connectivity index (χ2v) is 7.41. The number of amides is 4. The lowest BCUT2D eigenvalue weighted by atomic mass is 9.96. The first-order valence-corrected chi connectivity index (χ1v) is 9.56. The van der Waals surface area contributed by atoms with Crippen molar-refractivity contribution in [3.05, 3.63) is 77.6 Å². The van der Waals surface area contributed by atoms with Gasteiger partial charge in [-0.1, -0.05) is 35.9 Å². The highest BCUT2D eigenvalue weighted by Gasteiger charge is 2.50. The van der Waals surface area contributed by atoms with Crippen LogP contribution in [0.3, 0.4) is 0 Å². The molecule has 1 aromatic heterocycles. The van der Waals surface area contributed by atoms with Crippen molar-refractivity contribution in [2.45, 2.75) is 12.5 Å². The van der Waals surface area contributed by atoms with Crippen LogP contribution in [0.5, 0.6) is 0 Å². The Morgan fingerprint density at radius 2 is 1.94 bits per heavy atom. The zero-order chi connectivity index (χ0) is 22.2. The standard InChI is InChI=1S/C22H20FN5O3/c1-13-3-5-14(6-4-13)16-8-7-15(23)11-17(16)18(29)25-12-22(19-24-9-10-28(19)2)20(30)26-21(31)27-22/h3-11H,12H2,1-2H3,(H,25,29)(H2,26,27,30,31)/t22-/m1/s1. The molecular formula is C22H20FN5O3. The maximum atomic E-state index is 14.0. The van der Waals surface area contributed by atoms with Crippen molar-refractivity contribution in [3.8, 4) is 11.1 Å². The first-order valence-electron chi connectivity index (χ1n) is 9.56. The predicted molar refractivity (Wildman–Crippen MR) is 110 cm³/mol. The van der Waals surface area contributed by atoms with Crippen molar-refractivity contribution < 1.29 is 18.8 Å². The zero-order valence-corrected chi connectivity index (χ0v) is 16.9. The van der Waals surface area contributed by atoms with E-state index in [2.05, 4.69) is 20.9 Å². The van der Waals surface area contributed by atoms with E-state index >= 15 is 0 Å². The Labute approximate surface area is 177 Å². The smallest absolute Gasteiger partial charge is 0.322 e. The average molecular weight is 421 g/mol. The number of rotatable bonds is 5. The van der Waals surface area contributed by atoms with Crippen LogP contribution in [0.25, 0.3) is 11.1 Å². The summed E-state index contributed by atoms with van der Waals surface area (Å²) in [4.78, 5) is 41.7. The number of urea groups is 1. The van der Waals surface area contributed by atoms with Crippen LogP contribution in [-0.2, 0) is 17.4 Å². The molecule has 8 nitrogen and oxygen atoms in total. The van der Waals surface area contributed by atoms with Crippen LogP contribution < -0.4 is 16.0 Å². The quantitative estimate of drug-likeness (QED) is 0.548. The summed E-state index contributed by atoms with van der Waals surface area (Å²) in [5.74, 6) is -1.52. The molecule has 1 aliphatic rings. The number of carbonyl (C=O) groups is 3. The van der Waals surface area contributed by atoms with E-state index in [1.807, 2.05) is 31.2 Å². The van der Waals surface area contributed by atoms with E-state index in [0.29, 0.717) is 5.56 Å². The van der Waals surface area contributed by atoms with Crippen molar-refractivity contribution in [3.63, 3.8) is 0 Å². The lowest BCUT2D eigenvalue weighted by Crippen LogP contribution is -2.54. The Morgan fingerprint density at radius 3 is 2.55 bits per heavy atom. The average Bonchev–Trinajstić information content (AvgIpc) is 3.29. The number of aryl methyl sites for hydroxylation is 2. The van der Waals surface area contributed by atoms with Gasteiger partial charge in [0.25, 0.3) is 11.8 Å². The van der Waals surface area contributed by atoms with E-state index in [9.17, 15) is 18.8 Å². The molecule has 158 valence electrons. The molecule has 0 aliphatic carbocycles. The van der Waals surface area contributed by atoms with Crippen LogP contribution in [0.15, 0.2) is 54.9 Å². The summed E-state index contributed by atoms with van der Waals surface area (Å²) >= 11 is 0. The number of nitrogens with one attached hydrogen (secondary N) is 3. The van der Waals surface area contributed by atoms with Gasteiger partial charge in [-0.25, -0.2) is 14.2 Å². The number of hydrogen-bond acceptors (Lipinski definition) is 4. The molecule has 4 amide bonds. The number of hydrogen-bond donors (Lipinski definition) is 3. The molecule has 0 unspecified atom stereocenters. The summed E-state index contributed by atoms with van der Waals surface area (Å²) in [6, 6.07) is 10.8. The van der Waals surface area contributed by atoms with E-state index in [4.69, 9.17) is 0 Å². The fourth-order valence-electron chi connectivity index (χ4n) is 3.63. The van der Waals surface area contributed by atoms with Gasteiger partial charge < -0.3 is 15.2 Å². The second-order valence-electron chi connectivity index (χ2n) is 7.41. The molecule has 4 rings (SSSR count). The molecule has 2 heterocycles. The molecule has 31 heavy (non-hydrogen) atoms. The van der Waals surface area contributed by atoms with Crippen molar-refractivity contribution >= 4 is 17.8 Å². The Morgan fingerprint density at radius 1 is 1.19 bits per heavy atom. The molecule has 1 fully saturated rings. The molecule has 0 bridgehead atoms. The minimum Gasteiger partial charge on any atom is -0.349 e. The van der Waals surface area contributed by atoms with E-state index in [0.717, 1.165) is 17.2 Å². The number of imide groups is 1. The summed E-state index contributed by atoms with van der Waals surface area (Å²) < 4.78 is 15.6. The van der Waals surface area contributed by atoms with Crippen LogP contribution in [0.4, 0.5) is 9.18 Å². The van der Waals surface area contributed by atoms with Gasteiger partial charge in [0.2, 0.25) is 0 Å². The normalized spacial score (nSPS) is 17.9. The van der Waals surface area contributed by atoms with Gasteiger partial charge in [0, 0.05) is 19.4 Å². The summed E-state index contributed by atoms with van der Waals surface area (Å²) in [6.45, 7) is 1.68. The lowest BCUT2D eigenvalue weighted by molar-refractivity contribution is -0.124. The number of aromatic nitrogens is 2. The van der Waals surface area contributed by atoms with Crippen LogP contribution in [-0.4, -0.2) is 33.9 Å². The molecule has 1 atom stereocenters. The van der Waals surface area contributed by atoms with E-state index in [1.165, 1.54) is 18.3 Å². The molecule has 3 aromatic rings. The number of nitrogens with zero attached hydrogens (tertiary/aromatic N) is 2. The van der Waals surface area contributed by atoms with Crippen LogP contribution in [0.2, 0.25) is 0 Å².